The number of morpholine rings is 1. The summed E-state index contributed by atoms with van der Waals surface area (Å²) >= 11 is 0. The first kappa shape index (κ1) is 7.50. The molecule has 0 N–H and O–H groups in total. The summed E-state index contributed by atoms with van der Waals surface area (Å²) in [5.41, 5.74) is 0. The Labute approximate surface area is 59.7 Å². The Morgan fingerprint density at radius 1 is 1.80 bits per heavy atom. The standard InChI is InChI=1S/C6H11NO3/c1-9-6-4-7(5-8)2-3-10-6/h5-6H,2-4H2,1H3. The highest BCUT2D eigenvalue weighted by atomic mass is 16.7. The Balaban J connectivity index is 2.31. The summed E-state index contributed by atoms with van der Waals surface area (Å²) in [6, 6.07) is 0. The van der Waals surface area contributed by atoms with Crippen LogP contribution in [0.4, 0.5) is 0 Å². The molecule has 0 aromatic rings. The predicted octanol–water partition coefficient (Wildman–Crippen LogP) is -0.552. The maximum absolute atomic E-state index is 10.2. The molecule has 1 amide bonds. The fraction of sp³-hybridized carbons (Fsp3) is 0.833. The van der Waals surface area contributed by atoms with Crippen LogP contribution in [0.2, 0.25) is 0 Å². The number of methoxy groups -OCH3 is 1. The Hall–Kier alpha value is -0.610. The van der Waals surface area contributed by atoms with Gasteiger partial charge in [0, 0.05) is 13.7 Å². The molecule has 58 valence electrons. The number of carbonyl (C=O) groups is 1. The van der Waals surface area contributed by atoms with Gasteiger partial charge in [-0.2, -0.15) is 0 Å². The maximum atomic E-state index is 10.2. The molecule has 4 heteroatoms. The van der Waals surface area contributed by atoms with Crippen molar-refractivity contribution in [1.29, 1.82) is 0 Å². The second-order valence-corrected chi connectivity index (χ2v) is 2.14. The van der Waals surface area contributed by atoms with Crippen LogP contribution in [0, 0.1) is 0 Å². The van der Waals surface area contributed by atoms with E-state index in [4.69, 9.17) is 9.47 Å². The lowest BCUT2D eigenvalue weighted by molar-refractivity contribution is -0.168. The molecule has 1 unspecified atom stereocenters. The molecule has 0 aromatic heterocycles. The van der Waals surface area contributed by atoms with Crippen LogP contribution in [0.3, 0.4) is 0 Å². The molecule has 0 radical (unpaired) electrons. The van der Waals surface area contributed by atoms with Crippen molar-refractivity contribution in [3.63, 3.8) is 0 Å². The normalized spacial score (nSPS) is 26.5. The number of hydrogen-bond donors (Lipinski definition) is 0. The van der Waals surface area contributed by atoms with Crippen molar-refractivity contribution < 1.29 is 14.3 Å². The minimum atomic E-state index is -0.237. The Morgan fingerprint density at radius 3 is 3.20 bits per heavy atom. The average molecular weight is 145 g/mol. The van der Waals surface area contributed by atoms with Gasteiger partial charge in [0.1, 0.15) is 0 Å². The summed E-state index contributed by atoms with van der Waals surface area (Å²) < 4.78 is 10.0. The molecular weight excluding hydrogens is 134 g/mol. The number of carbonyl (C=O) groups excluding carboxylic acids is 1. The molecule has 1 fully saturated rings. The Bertz CT molecular complexity index is 118. The van der Waals surface area contributed by atoms with Gasteiger partial charge in [-0.3, -0.25) is 4.79 Å². The number of ether oxygens (including phenoxy) is 2. The summed E-state index contributed by atoms with van der Waals surface area (Å²) in [5.74, 6) is 0. The van der Waals surface area contributed by atoms with Crippen molar-refractivity contribution >= 4 is 6.41 Å². The second kappa shape index (κ2) is 3.53. The first-order valence-corrected chi connectivity index (χ1v) is 3.20. The molecule has 1 atom stereocenters. The monoisotopic (exact) mass is 145 g/mol. The van der Waals surface area contributed by atoms with Crippen LogP contribution in [0.25, 0.3) is 0 Å². The lowest BCUT2D eigenvalue weighted by Crippen LogP contribution is -2.42. The molecule has 1 heterocycles. The van der Waals surface area contributed by atoms with Crippen molar-refractivity contribution in [3.8, 4) is 0 Å². The molecule has 1 aliphatic heterocycles. The largest absolute Gasteiger partial charge is 0.354 e. The molecule has 1 aliphatic rings. The van der Waals surface area contributed by atoms with E-state index < -0.39 is 0 Å². The molecule has 4 nitrogen and oxygen atoms in total. The van der Waals surface area contributed by atoms with Gasteiger partial charge in [-0.15, -0.1) is 0 Å². The minimum Gasteiger partial charge on any atom is -0.354 e. The lowest BCUT2D eigenvalue weighted by Gasteiger charge is -2.28. The van der Waals surface area contributed by atoms with Crippen LogP contribution in [0.1, 0.15) is 0 Å². The van der Waals surface area contributed by atoms with Gasteiger partial charge in [-0.25, -0.2) is 0 Å². The summed E-state index contributed by atoms with van der Waals surface area (Å²) in [6.07, 6.45) is 0.577. The topological polar surface area (TPSA) is 38.8 Å². The molecule has 0 aromatic carbocycles. The average Bonchev–Trinajstić information content (AvgIpc) is 2.05. The highest BCUT2D eigenvalue weighted by Crippen LogP contribution is 2.02. The van der Waals surface area contributed by atoms with E-state index in [9.17, 15) is 4.79 Å². The Morgan fingerprint density at radius 2 is 2.60 bits per heavy atom. The summed E-state index contributed by atoms with van der Waals surface area (Å²) in [4.78, 5) is 11.9. The van der Waals surface area contributed by atoms with Gasteiger partial charge in [0.15, 0.2) is 6.29 Å². The van der Waals surface area contributed by atoms with Crippen LogP contribution >= 0.6 is 0 Å². The Kier molecular flexibility index (Phi) is 2.65. The molecule has 0 saturated carbocycles. The van der Waals surface area contributed by atoms with Gasteiger partial charge in [-0.05, 0) is 0 Å². The van der Waals surface area contributed by atoms with E-state index >= 15 is 0 Å². The van der Waals surface area contributed by atoms with Crippen molar-refractivity contribution in [3.05, 3.63) is 0 Å². The zero-order chi connectivity index (χ0) is 7.40. The van der Waals surface area contributed by atoms with E-state index in [-0.39, 0.29) is 6.29 Å². The third-order valence-corrected chi connectivity index (χ3v) is 1.48. The van der Waals surface area contributed by atoms with Crippen LogP contribution in [0.5, 0.6) is 0 Å². The summed E-state index contributed by atoms with van der Waals surface area (Å²) in [7, 11) is 1.57. The van der Waals surface area contributed by atoms with Gasteiger partial charge in [0.05, 0.1) is 13.2 Å². The van der Waals surface area contributed by atoms with E-state index in [1.807, 2.05) is 0 Å². The van der Waals surface area contributed by atoms with Crippen molar-refractivity contribution in [1.82, 2.24) is 4.90 Å². The number of hydrogen-bond acceptors (Lipinski definition) is 3. The maximum Gasteiger partial charge on any atom is 0.209 e. The molecule has 1 saturated heterocycles. The van der Waals surface area contributed by atoms with Gasteiger partial charge < -0.3 is 14.4 Å². The predicted molar refractivity (Wildman–Crippen MR) is 34.4 cm³/mol. The van der Waals surface area contributed by atoms with Crippen LogP contribution in [-0.2, 0) is 14.3 Å². The zero-order valence-electron chi connectivity index (χ0n) is 5.95. The van der Waals surface area contributed by atoms with E-state index in [1.165, 1.54) is 0 Å². The minimum absolute atomic E-state index is 0.237. The molecule has 0 spiro atoms. The summed E-state index contributed by atoms with van der Waals surface area (Å²) in [6.45, 7) is 1.78. The van der Waals surface area contributed by atoms with Crippen molar-refractivity contribution in [2.24, 2.45) is 0 Å². The highest BCUT2D eigenvalue weighted by Gasteiger charge is 2.17. The molecule has 0 bridgehead atoms. The number of rotatable bonds is 2. The second-order valence-electron chi connectivity index (χ2n) is 2.14. The van der Waals surface area contributed by atoms with E-state index in [1.54, 1.807) is 12.0 Å². The van der Waals surface area contributed by atoms with Gasteiger partial charge >= 0.3 is 0 Å². The number of amides is 1. The van der Waals surface area contributed by atoms with Gasteiger partial charge in [0.25, 0.3) is 0 Å². The van der Waals surface area contributed by atoms with Crippen LogP contribution in [0.15, 0.2) is 0 Å². The third kappa shape index (κ3) is 1.68. The lowest BCUT2D eigenvalue weighted by atomic mass is 10.4. The molecular formula is C6H11NO3. The smallest absolute Gasteiger partial charge is 0.209 e. The zero-order valence-corrected chi connectivity index (χ0v) is 5.95. The first-order valence-electron chi connectivity index (χ1n) is 3.20. The van der Waals surface area contributed by atoms with Crippen molar-refractivity contribution in [2.45, 2.75) is 6.29 Å². The third-order valence-electron chi connectivity index (χ3n) is 1.48. The van der Waals surface area contributed by atoms with E-state index in [0.717, 1.165) is 6.41 Å². The van der Waals surface area contributed by atoms with Gasteiger partial charge in [0.2, 0.25) is 6.41 Å². The quantitative estimate of drug-likeness (QED) is 0.489. The molecule has 0 aliphatic carbocycles. The summed E-state index contributed by atoms with van der Waals surface area (Å²) in [5, 5.41) is 0. The van der Waals surface area contributed by atoms with Crippen molar-refractivity contribution in [2.75, 3.05) is 26.8 Å². The van der Waals surface area contributed by atoms with Crippen LogP contribution < -0.4 is 0 Å². The van der Waals surface area contributed by atoms with Gasteiger partial charge in [-0.1, -0.05) is 0 Å². The van der Waals surface area contributed by atoms with E-state index in [0.29, 0.717) is 19.7 Å². The number of nitrogens with zero attached hydrogens (tertiary/aromatic N) is 1. The fourth-order valence-electron chi connectivity index (χ4n) is 0.875. The first-order chi connectivity index (χ1) is 4.86. The van der Waals surface area contributed by atoms with Crippen LogP contribution in [-0.4, -0.2) is 44.4 Å². The SMILES string of the molecule is COC1CN(C=O)CCO1. The van der Waals surface area contributed by atoms with E-state index in [2.05, 4.69) is 0 Å². The molecule has 1 rings (SSSR count). The fourth-order valence-corrected chi connectivity index (χ4v) is 0.875. The highest BCUT2D eigenvalue weighted by molar-refractivity contribution is 5.47. The molecule has 10 heavy (non-hydrogen) atoms.